The Kier molecular flexibility index (Phi) is 4.31. The third-order valence-electron chi connectivity index (χ3n) is 4.97. The summed E-state index contributed by atoms with van der Waals surface area (Å²) in [6.07, 6.45) is 0.635. The van der Waals surface area contributed by atoms with Crippen molar-refractivity contribution < 1.29 is 9.72 Å². The lowest BCUT2D eigenvalue weighted by atomic mass is 10.1. The van der Waals surface area contributed by atoms with Gasteiger partial charge in [-0.25, -0.2) is 0 Å². The highest BCUT2D eigenvalue weighted by Crippen LogP contribution is 2.32. The highest BCUT2D eigenvalue weighted by Gasteiger charge is 2.27. The number of aromatic nitrogens is 2. The third-order valence-corrected chi connectivity index (χ3v) is 5.29. The number of carbonyl (C=O) groups is 1. The lowest BCUT2D eigenvalue weighted by molar-refractivity contribution is -0.384. The van der Waals surface area contributed by atoms with E-state index in [1.807, 2.05) is 6.92 Å². The second kappa shape index (κ2) is 6.68. The van der Waals surface area contributed by atoms with Gasteiger partial charge in [0.05, 0.1) is 21.5 Å². The van der Waals surface area contributed by atoms with Crippen LogP contribution in [0.15, 0.2) is 41.2 Å². The molecule has 8 nitrogen and oxygen atoms in total. The Morgan fingerprint density at radius 1 is 1.29 bits per heavy atom. The summed E-state index contributed by atoms with van der Waals surface area (Å²) >= 11 is 5.22. The average molecular weight is 396 g/mol. The van der Waals surface area contributed by atoms with E-state index in [-0.39, 0.29) is 17.2 Å². The number of nitro groups is 1. The van der Waals surface area contributed by atoms with E-state index in [1.54, 1.807) is 24.3 Å². The van der Waals surface area contributed by atoms with Gasteiger partial charge in [-0.15, -0.1) is 0 Å². The molecule has 2 heterocycles. The van der Waals surface area contributed by atoms with Gasteiger partial charge < -0.3 is 9.88 Å². The number of hydrogen-bond acceptors (Lipinski definition) is 5. The molecule has 3 aromatic rings. The lowest BCUT2D eigenvalue weighted by Gasteiger charge is -2.17. The molecular weight excluding hydrogens is 380 g/mol. The number of rotatable bonds is 3. The molecule has 0 fully saturated rings. The number of non-ortho nitro benzene ring substituents is 1. The first-order valence-corrected chi connectivity index (χ1v) is 9.17. The van der Waals surface area contributed by atoms with Gasteiger partial charge in [-0.05, 0) is 49.3 Å². The zero-order chi connectivity index (χ0) is 20.0. The fraction of sp³-hybridized carbons (Fsp3) is 0.211. The molecule has 0 radical (unpaired) electrons. The molecule has 0 saturated carbocycles. The van der Waals surface area contributed by atoms with Gasteiger partial charge in [0.15, 0.2) is 4.77 Å². The van der Waals surface area contributed by atoms with Crippen LogP contribution in [0.25, 0.3) is 10.9 Å². The molecule has 0 unspecified atom stereocenters. The van der Waals surface area contributed by atoms with E-state index >= 15 is 0 Å². The van der Waals surface area contributed by atoms with E-state index < -0.39 is 4.92 Å². The van der Waals surface area contributed by atoms with E-state index in [9.17, 15) is 19.7 Å². The SMILES string of the molecule is CCn1c(=S)[nH]c2cc(C(=O)N3CCc4ccc([N+](=O)[O-])cc43)ccc2c1=O. The topological polar surface area (TPSA) is 101 Å². The number of fused-ring (bicyclic) bond motifs is 2. The minimum atomic E-state index is -0.476. The standard InChI is InChI=1S/C19H16N4O4S/c1-2-21-18(25)14-6-4-12(9-15(14)20-19(21)28)17(24)22-8-7-11-3-5-13(23(26)27)10-16(11)22/h3-6,9-10H,2,7-8H2,1H3,(H,20,28). The maximum Gasteiger partial charge on any atom is 0.271 e. The Labute approximate surface area is 164 Å². The number of hydrogen-bond donors (Lipinski definition) is 1. The van der Waals surface area contributed by atoms with Crippen molar-refractivity contribution in [3.63, 3.8) is 0 Å². The van der Waals surface area contributed by atoms with Crippen LogP contribution in [0.1, 0.15) is 22.8 Å². The van der Waals surface area contributed by atoms with Crippen molar-refractivity contribution >= 4 is 40.4 Å². The van der Waals surface area contributed by atoms with Crippen molar-refractivity contribution in [1.82, 2.24) is 9.55 Å². The highest BCUT2D eigenvalue weighted by atomic mass is 32.1. The molecule has 0 atom stereocenters. The molecule has 1 aliphatic heterocycles. The number of amides is 1. The molecule has 9 heteroatoms. The number of H-pyrrole nitrogens is 1. The molecule has 1 N–H and O–H groups in total. The van der Waals surface area contributed by atoms with Crippen molar-refractivity contribution in [3.8, 4) is 0 Å². The molecule has 1 aliphatic rings. The van der Waals surface area contributed by atoms with Crippen molar-refractivity contribution in [3.05, 3.63) is 72.8 Å². The quantitative estimate of drug-likeness (QED) is 0.416. The summed E-state index contributed by atoms with van der Waals surface area (Å²) < 4.78 is 1.75. The molecule has 28 heavy (non-hydrogen) atoms. The fourth-order valence-electron chi connectivity index (χ4n) is 3.52. The van der Waals surface area contributed by atoms with Crippen LogP contribution in [0.4, 0.5) is 11.4 Å². The number of nitrogens with zero attached hydrogens (tertiary/aromatic N) is 3. The second-order valence-corrected chi connectivity index (χ2v) is 6.90. The maximum absolute atomic E-state index is 13.1. The van der Waals surface area contributed by atoms with Gasteiger partial charge in [-0.1, -0.05) is 6.07 Å². The molecule has 0 bridgehead atoms. The van der Waals surface area contributed by atoms with Crippen LogP contribution in [-0.4, -0.2) is 26.9 Å². The minimum absolute atomic E-state index is 0.0545. The van der Waals surface area contributed by atoms with E-state index in [0.717, 1.165) is 5.56 Å². The van der Waals surface area contributed by atoms with Crippen LogP contribution < -0.4 is 10.5 Å². The summed E-state index contributed by atoms with van der Waals surface area (Å²) in [5.74, 6) is -0.278. The highest BCUT2D eigenvalue weighted by molar-refractivity contribution is 7.71. The largest absolute Gasteiger partial charge is 0.332 e. The summed E-state index contributed by atoms with van der Waals surface area (Å²) in [5, 5.41) is 11.5. The van der Waals surface area contributed by atoms with Gasteiger partial charge in [-0.3, -0.25) is 24.3 Å². The Balaban J connectivity index is 1.77. The second-order valence-electron chi connectivity index (χ2n) is 6.52. The number of benzene rings is 2. The Morgan fingerprint density at radius 2 is 2.07 bits per heavy atom. The molecule has 142 valence electrons. The van der Waals surface area contributed by atoms with Gasteiger partial charge in [0.2, 0.25) is 0 Å². The van der Waals surface area contributed by atoms with E-state index in [0.29, 0.717) is 46.4 Å². The molecule has 0 aliphatic carbocycles. The van der Waals surface area contributed by atoms with Gasteiger partial charge in [0, 0.05) is 30.8 Å². The zero-order valence-corrected chi connectivity index (χ0v) is 15.8. The van der Waals surface area contributed by atoms with Crippen LogP contribution in [0.5, 0.6) is 0 Å². The predicted molar refractivity (Wildman–Crippen MR) is 108 cm³/mol. The van der Waals surface area contributed by atoms with E-state index in [2.05, 4.69) is 4.98 Å². The molecular formula is C19H16N4O4S. The number of nitrogens with one attached hydrogen (secondary N) is 1. The summed E-state index contributed by atoms with van der Waals surface area (Å²) in [4.78, 5) is 40.7. The van der Waals surface area contributed by atoms with Gasteiger partial charge in [0.25, 0.3) is 17.2 Å². The molecule has 0 spiro atoms. The van der Waals surface area contributed by atoms with Crippen LogP contribution in [0, 0.1) is 14.9 Å². The van der Waals surface area contributed by atoms with E-state index in [4.69, 9.17) is 12.2 Å². The maximum atomic E-state index is 13.1. The van der Waals surface area contributed by atoms with Crippen LogP contribution >= 0.6 is 12.2 Å². The fourth-order valence-corrected chi connectivity index (χ4v) is 3.84. The Hall–Kier alpha value is -3.33. The first-order chi connectivity index (χ1) is 13.4. The molecule has 1 aromatic heterocycles. The predicted octanol–water partition coefficient (Wildman–Crippen LogP) is 3.19. The summed E-state index contributed by atoms with van der Waals surface area (Å²) in [7, 11) is 0. The van der Waals surface area contributed by atoms with Gasteiger partial charge in [-0.2, -0.15) is 0 Å². The van der Waals surface area contributed by atoms with Crippen molar-refractivity contribution in [2.75, 3.05) is 11.4 Å². The normalized spacial score (nSPS) is 13.0. The minimum Gasteiger partial charge on any atom is -0.332 e. The molecule has 2 aromatic carbocycles. The van der Waals surface area contributed by atoms with E-state index in [1.165, 1.54) is 21.6 Å². The Morgan fingerprint density at radius 3 is 2.79 bits per heavy atom. The van der Waals surface area contributed by atoms with Crippen LogP contribution in [0.3, 0.4) is 0 Å². The van der Waals surface area contributed by atoms with Gasteiger partial charge >= 0.3 is 0 Å². The molecule has 0 saturated heterocycles. The Bertz CT molecular complexity index is 1260. The summed E-state index contributed by atoms with van der Waals surface area (Å²) in [5.41, 5.74) is 2.05. The first-order valence-electron chi connectivity index (χ1n) is 8.76. The monoisotopic (exact) mass is 396 g/mol. The third kappa shape index (κ3) is 2.80. The summed E-state index contributed by atoms with van der Waals surface area (Å²) in [6, 6.07) is 9.36. The zero-order valence-electron chi connectivity index (χ0n) is 15.0. The number of carbonyl (C=O) groups excluding carboxylic acids is 1. The smallest absolute Gasteiger partial charge is 0.271 e. The van der Waals surface area contributed by atoms with Crippen molar-refractivity contribution in [2.45, 2.75) is 19.9 Å². The number of anilines is 1. The molecule has 1 amide bonds. The average Bonchev–Trinajstić information content (AvgIpc) is 3.10. The van der Waals surface area contributed by atoms with Gasteiger partial charge in [0.1, 0.15) is 0 Å². The van der Waals surface area contributed by atoms with Crippen LogP contribution in [0.2, 0.25) is 0 Å². The lowest BCUT2D eigenvalue weighted by Crippen LogP contribution is -2.29. The molecule has 4 rings (SSSR count). The van der Waals surface area contributed by atoms with Crippen molar-refractivity contribution in [2.24, 2.45) is 0 Å². The van der Waals surface area contributed by atoms with Crippen molar-refractivity contribution in [1.29, 1.82) is 0 Å². The number of aromatic amines is 1. The first kappa shape index (κ1) is 18.1. The number of nitro benzene ring substituents is 1. The summed E-state index contributed by atoms with van der Waals surface area (Å²) in [6.45, 7) is 2.73. The van der Waals surface area contributed by atoms with Crippen LogP contribution in [-0.2, 0) is 13.0 Å².